The SMILES string of the molecule is C=CCSSCC[C@H](N)C(=O)O. The summed E-state index contributed by atoms with van der Waals surface area (Å²) in [6.07, 6.45) is 2.33. The van der Waals surface area contributed by atoms with Crippen molar-refractivity contribution >= 4 is 27.6 Å². The van der Waals surface area contributed by atoms with E-state index in [0.717, 1.165) is 11.5 Å². The molecule has 70 valence electrons. The van der Waals surface area contributed by atoms with Gasteiger partial charge >= 0.3 is 5.97 Å². The lowest BCUT2D eigenvalue weighted by Gasteiger charge is -2.03. The zero-order chi connectivity index (χ0) is 9.40. The second kappa shape index (κ2) is 7.52. The summed E-state index contributed by atoms with van der Waals surface area (Å²) in [7, 11) is 3.28. The maximum absolute atomic E-state index is 10.3. The highest BCUT2D eigenvalue weighted by Gasteiger charge is 2.09. The zero-order valence-corrected chi connectivity index (χ0v) is 8.37. The van der Waals surface area contributed by atoms with Gasteiger partial charge in [-0.2, -0.15) is 0 Å². The van der Waals surface area contributed by atoms with E-state index in [-0.39, 0.29) is 0 Å². The van der Waals surface area contributed by atoms with Gasteiger partial charge in [-0.15, -0.1) is 6.58 Å². The number of carboxylic acids is 1. The number of carbonyl (C=O) groups is 1. The Kier molecular flexibility index (Phi) is 7.43. The fraction of sp³-hybridized carbons (Fsp3) is 0.571. The molecule has 12 heavy (non-hydrogen) atoms. The minimum Gasteiger partial charge on any atom is -0.480 e. The molecule has 0 aromatic rings. The number of carboxylic acid groups (broad SMARTS) is 1. The quantitative estimate of drug-likeness (QED) is 0.375. The van der Waals surface area contributed by atoms with Crippen LogP contribution in [0.5, 0.6) is 0 Å². The van der Waals surface area contributed by atoms with Gasteiger partial charge in [0.25, 0.3) is 0 Å². The second-order valence-corrected chi connectivity index (χ2v) is 4.76. The highest BCUT2D eigenvalue weighted by atomic mass is 33.1. The summed E-state index contributed by atoms with van der Waals surface area (Å²) in [5.74, 6) is 0.725. The molecule has 0 aromatic heterocycles. The van der Waals surface area contributed by atoms with Crippen molar-refractivity contribution in [3.8, 4) is 0 Å². The van der Waals surface area contributed by atoms with Gasteiger partial charge in [-0.05, 0) is 6.42 Å². The number of rotatable bonds is 7. The Morgan fingerprint density at radius 2 is 2.33 bits per heavy atom. The Labute approximate surface area is 80.2 Å². The summed E-state index contributed by atoms with van der Waals surface area (Å²) in [6, 6.07) is -0.721. The number of aliphatic carboxylic acids is 1. The van der Waals surface area contributed by atoms with Gasteiger partial charge in [-0.1, -0.05) is 27.7 Å². The first-order valence-electron chi connectivity index (χ1n) is 3.52. The van der Waals surface area contributed by atoms with Gasteiger partial charge < -0.3 is 10.8 Å². The van der Waals surface area contributed by atoms with E-state index in [4.69, 9.17) is 10.8 Å². The lowest BCUT2D eigenvalue weighted by molar-refractivity contribution is -0.138. The summed E-state index contributed by atoms with van der Waals surface area (Å²) in [5, 5.41) is 8.43. The Morgan fingerprint density at radius 1 is 1.67 bits per heavy atom. The molecule has 0 spiro atoms. The van der Waals surface area contributed by atoms with Gasteiger partial charge in [-0.25, -0.2) is 0 Å². The van der Waals surface area contributed by atoms with Gasteiger partial charge in [0.1, 0.15) is 6.04 Å². The second-order valence-electron chi connectivity index (χ2n) is 2.13. The molecule has 0 aliphatic heterocycles. The molecule has 0 amide bonds. The average molecular weight is 207 g/mol. The molecule has 0 aliphatic rings. The summed E-state index contributed by atoms with van der Waals surface area (Å²) in [6.45, 7) is 3.57. The average Bonchev–Trinajstić information content (AvgIpc) is 2.03. The molecule has 3 N–H and O–H groups in total. The van der Waals surface area contributed by atoms with E-state index in [9.17, 15) is 4.79 Å². The van der Waals surface area contributed by atoms with E-state index >= 15 is 0 Å². The molecule has 0 saturated heterocycles. The van der Waals surface area contributed by atoms with Crippen LogP contribution >= 0.6 is 21.6 Å². The van der Waals surface area contributed by atoms with E-state index in [1.54, 1.807) is 21.6 Å². The van der Waals surface area contributed by atoms with Crippen LogP contribution in [0, 0.1) is 0 Å². The van der Waals surface area contributed by atoms with E-state index in [0.29, 0.717) is 6.42 Å². The summed E-state index contributed by atoms with van der Waals surface area (Å²) in [4.78, 5) is 10.3. The van der Waals surface area contributed by atoms with Gasteiger partial charge in [0, 0.05) is 11.5 Å². The highest BCUT2D eigenvalue weighted by molar-refractivity contribution is 8.76. The predicted molar refractivity (Wildman–Crippen MR) is 55.3 cm³/mol. The topological polar surface area (TPSA) is 63.3 Å². The molecule has 0 saturated carbocycles. The number of hydrogen-bond donors (Lipinski definition) is 2. The molecule has 5 heteroatoms. The first-order valence-corrected chi connectivity index (χ1v) is 6.01. The van der Waals surface area contributed by atoms with Crippen LogP contribution in [0.15, 0.2) is 12.7 Å². The minimum atomic E-state index is -0.927. The number of nitrogens with two attached hydrogens (primary N) is 1. The Bertz CT molecular complexity index is 152. The van der Waals surface area contributed by atoms with Gasteiger partial charge in [0.2, 0.25) is 0 Å². The van der Waals surface area contributed by atoms with Crippen LogP contribution in [0.3, 0.4) is 0 Å². The monoisotopic (exact) mass is 207 g/mol. The van der Waals surface area contributed by atoms with Crippen LogP contribution < -0.4 is 5.73 Å². The predicted octanol–water partition coefficient (Wildman–Crippen LogP) is 1.36. The normalized spacial score (nSPS) is 12.4. The summed E-state index contributed by atoms with van der Waals surface area (Å²) < 4.78 is 0. The molecular weight excluding hydrogens is 194 g/mol. The van der Waals surface area contributed by atoms with E-state index in [1.165, 1.54) is 0 Å². The number of hydrogen-bond acceptors (Lipinski definition) is 4. The largest absolute Gasteiger partial charge is 0.480 e. The van der Waals surface area contributed by atoms with Gasteiger partial charge in [0.15, 0.2) is 0 Å². The zero-order valence-electron chi connectivity index (χ0n) is 6.73. The van der Waals surface area contributed by atoms with E-state index in [1.807, 2.05) is 6.08 Å². The molecule has 0 bridgehead atoms. The molecule has 0 rings (SSSR count). The fourth-order valence-electron chi connectivity index (χ4n) is 0.454. The van der Waals surface area contributed by atoms with Crippen LogP contribution in [0.1, 0.15) is 6.42 Å². The van der Waals surface area contributed by atoms with E-state index < -0.39 is 12.0 Å². The molecule has 0 unspecified atom stereocenters. The van der Waals surface area contributed by atoms with Crippen molar-refractivity contribution in [3.05, 3.63) is 12.7 Å². The lowest BCUT2D eigenvalue weighted by Crippen LogP contribution is -2.30. The van der Waals surface area contributed by atoms with Gasteiger partial charge in [0.05, 0.1) is 0 Å². The molecular formula is C7H13NO2S2. The van der Waals surface area contributed by atoms with Crippen LogP contribution in [0.4, 0.5) is 0 Å². The van der Waals surface area contributed by atoms with Crippen molar-refractivity contribution in [3.63, 3.8) is 0 Å². The van der Waals surface area contributed by atoms with Crippen molar-refractivity contribution in [2.45, 2.75) is 12.5 Å². The van der Waals surface area contributed by atoms with Crippen LogP contribution in [0.2, 0.25) is 0 Å². The highest BCUT2D eigenvalue weighted by Crippen LogP contribution is 2.21. The fourth-order valence-corrected chi connectivity index (χ4v) is 2.33. The first kappa shape index (κ1) is 11.9. The standard InChI is InChI=1S/C7H13NO2S2/c1-2-4-11-12-5-3-6(8)7(9)10/h2,6H,1,3-5,8H2,(H,9,10)/t6-/m0/s1. The maximum atomic E-state index is 10.3. The maximum Gasteiger partial charge on any atom is 0.320 e. The third-order valence-electron chi connectivity index (χ3n) is 1.10. The molecule has 0 heterocycles. The molecule has 3 nitrogen and oxygen atoms in total. The molecule has 0 radical (unpaired) electrons. The molecule has 0 aromatic carbocycles. The smallest absolute Gasteiger partial charge is 0.320 e. The van der Waals surface area contributed by atoms with Crippen molar-refractivity contribution < 1.29 is 9.90 Å². The van der Waals surface area contributed by atoms with E-state index in [2.05, 4.69) is 6.58 Å². The van der Waals surface area contributed by atoms with Crippen molar-refractivity contribution in [1.82, 2.24) is 0 Å². The van der Waals surface area contributed by atoms with Crippen molar-refractivity contribution in [1.29, 1.82) is 0 Å². The van der Waals surface area contributed by atoms with Crippen LogP contribution in [0.25, 0.3) is 0 Å². The summed E-state index contributed by atoms with van der Waals surface area (Å²) in [5.41, 5.74) is 5.29. The van der Waals surface area contributed by atoms with Crippen molar-refractivity contribution in [2.24, 2.45) is 5.73 Å². The Morgan fingerprint density at radius 3 is 2.83 bits per heavy atom. The van der Waals surface area contributed by atoms with Crippen molar-refractivity contribution in [2.75, 3.05) is 11.5 Å². The Balaban J connectivity index is 3.19. The summed E-state index contributed by atoms with van der Waals surface area (Å²) >= 11 is 0. The van der Waals surface area contributed by atoms with Crippen LogP contribution in [-0.2, 0) is 4.79 Å². The third-order valence-corrected chi connectivity index (χ3v) is 3.45. The first-order chi connectivity index (χ1) is 5.68. The van der Waals surface area contributed by atoms with Gasteiger partial charge in [-0.3, -0.25) is 4.79 Å². The lowest BCUT2D eigenvalue weighted by atomic mass is 10.2. The third kappa shape index (κ3) is 6.57. The Hall–Kier alpha value is -0.130. The molecule has 0 fully saturated rings. The molecule has 0 aliphatic carbocycles. The molecule has 1 atom stereocenters. The van der Waals surface area contributed by atoms with Crippen LogP contribution in [-0.4, -0.2) is 28.6 Å². The minimum absolute atomic E-state index is 0.518.